The SMILES string of the molecule is CNc1cc([N+](=O)[O-])ccc1CCCOC=O. The largest absolute Gasteiger partial charge is 0.468 e. The Balaban J connectivity index is 2.71. The number of anilines is 1. The summed E-state index contributed by atoms with van der Waals surface area (Å²) in [5.41, 5.74) is 1.75. The molecule has 0 fully saturated rings. The second kappa shape index (κ2) is 6.47. The first-order valence-electron chi connectivity index (χ1n) is 5.19. The van der Waals surface area contributed by atoms with Crippen LogP contribution in [0.5, 0.6) is 0 Å². The van der Waals surface area contributed by atoms with E-state index in [2.05, 4.69) is 10.1 Å². The van der Waals surface area contributed by atoms with Crippen molar-refractivity contribution in [2.75, 3.05) is 19.0 Å². The minimum Gasteiger partial charge on any atom is -0.468 e. The van der Waals surface area contributed by atoms with Crippen LogP contribution in [0.3, 0.4) is 0 Å². The van der Waals surface area contributed by atoms with Crippen LogP contribution in [-0.2, 0) is 16.0 Å². The summed E-state index contributed by atoms with van der Waals surface area (Å²) in [6, 6.07) is 4.68. The van der Waals surface area contributed by atoms with Gasteiger partial charge in [0, 0.05) is 24.9 Å². The fourth-order valence-electron chi connectivity index (χ4n) is 1.52. The van der Waals surface area contributed by atoms with E-state index in [1.54, 1.807) is 13.1 Å². The number of ether oxygens (including phenoxy) is 1. The normalized spacial score (nSPS) is 9.71. The molecule has 0 bridgehead atoms. The molecule has 0 radical (unpaired) electrons. The summed E-state index contributed by atoms with van der Waals surface area (Å²) in [5.74, 6) is 0. The third kappa shape index (κ3) is 3.75. The molecule has 0 unspecified atom stereocenters. The molecule has 6 heteroatoms. The molecule has 0 saturated carbocycles. The Labute approximate surface area is 98.7 Å². The van der Waals surface area contributed by atoms with Crippen LogP contribution in [0.1, 0.15) is 12.0 Å². The van der Waals surface area contributed by atoms with Crippen LogP contribution in [-0.4, -0.2) is 25.1 Å². The topological polar surface area (TPSA) is 81.5 Å². The maximum Gasteiger partial charge on any atom is 0.293 e. The quantitative estimate of drug-likeness (QED) is 0.338. The van der Waals surface area contributed by atoms with Crippen LogP contribution in [0, 0.1) is 10.1 Å². The number of non-ortho nitro benzene ring substituents is 1. The third-order valence-corrected chi connectivity index (χ3v) is 2.35. The Bertz CT molecular complexity index is 406. The first-order valence-corrected chi connectivity index (χ1v) is 5.19. The van der Waals surface area contributed by atoms with Crippen molar-refractivity contribution in [2.24, 2.45) is 0 Å². The van der Waals surface area contributed by atoms with Crippen molar-refractivity contribution in [3.05, 3.63) is 33.9 Å². The smallest absolute Gasteiger partial charge is 0.293 e. The molecule has 1 N–H and O–H groups in total. The maximum absolute atomic E-state index is 10.6. The number of rotatable bonds is 7. The van der Waals surface area contributed by atoms with Gasteiger partial charge in [0.25, 0.3) is 12.2 Å². The number of benzene rings is 1. The van der Waals surface area contributed by atoms with Crippen molar-refractivity contribution < 1.29 is 14.5 Å². The molecule has 0 aliphatic carbocycles. The number of hydrogen-bond acceptors (Lipinski definition) is 5. The first-order chi connectivity index (χ1) is 8.19. The fraction of sp³-hybridized carbons (Fsp3) is 0.364. The molecule has 0 amide bonds. The predicted molar refractivity (Wildman–Crippen MR) is 63.0 cm³/mol. The summed E-state index contributed by atoms with van der Waals surface area (Å²) in [6.45, 7) is 0.762. The van der Waals surface area contributed by atoms with Crippen molar-refractivity contribution in [3.63, 3.8) is 0 Å². The molecule has 0 aliphatic heterocycles. The van der Waals surface area contributed by atoms with Gasteiger partial charge in [0.15, 0.2) is 0 Å². The van der Waals surface area contributed by atoms with Gasteiger partial charge in [0.1, 0.15) is 0 Å². The summed E-state index contributed by atoms with van der Waals surface area (Å²) in [4.78, 5) is 20.1. The van der Waals surface area contributed by atoms with E-state index in [4.69, 9.17) is 0 Å². The van der Waals surface area contributed by atoms with Gasteiger partial charge in [-0.15, -0.1) is 0 Å². The molecule has 0 saturated heterocycles. The second-order valence-corrected chi connectivity index (χ2v) is 3.42. The minimum atomic E-state index is -0.430. The van der Waals surface area contributed by atoms with Crippen molar-refractivity contribution >= 4 is 17.8 Å². The van der Waals surface area contributed by atoms with E-state index in [1.807, 2.05) is 0 Å². The number of nitrogens with one attached hydrogen (secondary N) is 1. The molecule has 1 rings (SSSR count). The van der Waals surface area contributed by atoms with E-state index in [0.717, 1.165) is 11.3 Å². The highest BCUT2D eigenvalue weighted by molar-refractivity contribution is 5.57. The number of carbonyl (C=O) groups excluding carboxylic acids is 1. The Hall–Kier alpha value is -2.11. The number of carbonyl (C=O) groups is 1. The highest BCUT2D eigenvalue weighted by atomic mass is 16.6. The van der Waals surface area contributed by atoms with Gasteiger partial charge >= 0.3 is 0 Å². The molecule has 0 atom stereocenters. The maximum atomic E-state index is 10.6. The summed E-state index contributed by atoms with van der Waals surface area (Å²) in [5, 5.41) is 13.5. The van der Waals surface area contributed by atoms with Gasteiger partial charge in [-0.2, -0.15) is 0 Å². The van der Waals surface area contributed by atoms with Gasteiger partial charge in [-0.25, -0.2) is 0 Å². The lowest BCUT2D eigenvalue weighted by Gasteiger charge is -2.08. The van der Waals surface area contributed by atoms with E-state index in [0.29, 0.717) is 25.9 Å². The van der Waals surface area contributed by atoms with E-state index in [-0.39, 0.29) is 5.69 Å². The average molecular weight is 238 g/mol. The highest BCUT2D eigenvalue weighted by Crippen LogP contribution is 2.23. The van der Waals surface area contributed by atoms with Crippen LogP contribution in [0.15, 0.2) is 18.2 Å². The molecule has 0 heterocycles. The lowest BCUT2D eigenvalue weighted by molar-refractivity contribution is -0.384. The zero-order chi connectivity index (χ0) is 12.7. The lowest BCUT2D eigenvalue weighted by Crippen LogP contribution is -2.00. The zero-order valence-electron chi connectivity index (χ0n) is 9.51. The molecular formula is C11H14N2O4. The molecule has 0 aromatic heterocycles. The Morgan fingerprint density at radius 3 is 2.88 bits per heavy atom. The summed E-state index contributed by atoms with van der Waals surface area (Å²) < 4.78 is 4.58. The zero-order valence-corrected chi connectivity index (χ0v) is 9.51. The third-order valence-electron chi connectivity index (χ3n) is 2.35. The molecule has 0 spiro atoms. The average Bonchev–Trinajstić information content (AvgIpc) is 2.34. The molecule has 17 heavy (non-hydrogen) atoms. The number of nitro benzene ring substituents is 1. The van der Waals surface area contributed by atoms with E-state index >= 15 is 0 Å². The molecule has 1 aromatic carbocycles. The van der Waals surface area contributed by atoms with Crippen molar-refractivity contribution in [1.29, 1.82) is 0 Å². The van der Waals surface area contributed by atoms with Crippen LogP contribution in [0.25, 0.3) is 0 Å². The molecule has 92 valence electrons. The van der Waals surface area contributed by atoms with E-state index in [1.165, 1.54) is 12.1 Å². The van der Waals surface area contributed by atoms with Gasteiger partial charge in [-0.3, -0.25) is 14.9 Å². The molecule has 0 aliphatic rings. The Morgan fingerprint density at radius 2 is 2.29 bits per heavy atom. The molecule has 1 aromatic rings. The van der Waals surface area contributed by atoms with Crippen molar-refractivity contribution in [2.45, 2.75) is 12.8 Å². The predicted octanol–water partition coefficient (Wildman–Crippen LogP) is 1.74. The highest BCUT2D eigenvalue weighted by Gasteiger charge is 2.09. The number of nitrogens with zero attached hydrogens (tertiary/aromatic N) is 1. The minimum absolute atomic E-state index is 0.0576. The standard InChI is InChI=1S/C11H14N2O4/c1-12-11-7-10(13(15)16)5-4-9(11)3-2-6-17-8-14/h4-5,7-8,12H,2-3,6H2,1H3. The van der Waals surface area contributed by atoms with Crippen LogP contribution in [0.4, 0.5) is 11.4 Å². The van der Waals surface area contributed by atoms with Gasteiger partial charge in [0.05, 0.1) is 11.5 Å². The van der Waals surface area contributed by atoms with Gasteiger partial charge in [-0.1, -0.05) is 6.07 Å². The van der Waals surface area contributed by atoms with Gasteiger partial charge in [-0.05, 0) is 18.4 Å². The van der Waals surface area contributed by atoms with Crippen LogP contribution in [0.2, 0.25) is 0 Å². The van der Waals surface area contributed by atoms with Crippen LogP contribution >= 0.6 is 0 Å². The van der Waals surface area contributed by atoms with Crippen molar-refractivity contribution in [3.8, 4) is 0 Å². The van der Waals surface area contributed by atoms with Crippen LogP contribution < -0.4 is 5.32 Å². The summed E-state index contributed by atoms with van der Waals surface area (Å²) >= 11 is 0. The van der Waals surface area contributed by atoms with E-state index < -0.39 is 4.92 Å². The van der Waals surface area contributed by atoms with Gasteiger partial charge < -0.3 is 10.1 Å². The van der Waals surface area contributed by atoms with E-state index in [9.17, 15) is 14.9 Å². The monoisotopic (exact) mass is 238 g/mol. The van der Waals surface area contributed by atoms with Gasteiger partial charge in [0.2, 0.25) is 0 Å². The molecular weight excluding hydrogens is 224 g/mol. The number of aryl methyl sites for hydroxylation is 1. The fourth-order valence-corrected chi connectivity index (χ4v) is 1.52. The van der Waals surface area contributed by atoms with Crippen molar-refractivity contribution in [1.82, 2.24) is 0 Å². The second-order valence-electron chi connectivity index (χ2n) is 3.42. The number of nitro groups is 1. The number of hydrogen-bond donors (Lipinski definition) is 1. The summed E-state index contributed by atoms with van der Waals surface area (Å²) in [7, 11) is 1.71. The Morgan fingerprint density at radius 1 is 1.53 bits per heavy atom. The summed E-state index contributed by atoms with van der Waals surface area (Å²) in [6.07, 6.45) is 1.38. The molecule has 6 nitrogen and oxygen atoms in total. The lowest BCUT2D eigenvalue weighted by atomic mass is 10.1. The first kappa shape index (κ1) is 13.0. The Kier molecular flexibility index (Phi) is 4.93.